The third-order valence-electron chi connectivity index (χ3n) is 4.99. The number of hydrogen-bond donors (Lipinski definition) is 1. The average molecular weight is 426 g/mol. The number of nitrogens with zero attached hydrogens (tertiary/aromatic N) is 2. The van der Waals surface area contributed by atoms with Gasteiger partial charge >= 0.3 is 0 Å². The number of amides is 1. The van der Waals surface area contributed by atoms with E-state index < -0.39 is 0 Å². The zero-order chi connectivity index (χ0) is 21.5. The van der Waals surface area contributed by atoms with Gasteiger partial charge in [0.1, 0.15) is 0 Å². The maximum atomic E-state index is 12.3. The van der Waals surface area contributed by atoms with Gasteiger partial charge in [0.05, 0.1) is 12.2 Å². The number of oxazole rings is 1. The molecule has 1 aromatic carbocycles. The van der Waals surface area contributed by atoms with Crippen LogP contribution in [0.25, 0.3) is 11.3 Å². The minimum atomic E-state index is 0.0104. The molecule has 3 aromatic rings. The van der Waals surface area contributed by atoms with Crippen molar-refractivity contribution in [1.29, 1.82) is 0 Å². The van der Waals surface area contributed by atoms with Gasteiger partial charge in [-0.1, -0.05) is 44.2 Å². The number of carbonyl (C=O) groups excluding carboxylic acids is 1. The van der Waals surface area contributed by atoms with Crippen molar-refractivity contribution < 1.29 is 9.21 Å². The average Bonchev–Trinajstić information content (AvgIpc) is 3.39. The van der Waals surface area contributed by atoms with Gasteiger partial charge in [0.25, 0.3) is 0 Å². The Hall–Kier alpha value is -2.44. The van der Waals surface area contributed by atoms with Crippen LogP contribution in [0.1, 0.15) is 42.6 Å². The number of aryl methyl sites for hydroxylation is 1. The Morgan fingerprint density at radius 2 is 1.97 bits per heavy atom. The number of thiophene rings is 1. The molecule has 0 saturated heterocycles. The summed E-state index contributed by atoms with van der Waals surface area (Å²) in [5.74, 6) is 1.98. The maximum absolute atomic E-state index is 12.3. The Labute approximate surface area is 183 Å². The van der Waals surface area contributed by atoms with Crippen LogP contribution in [0.5, 0.6) is 0 Å². The molecule has 0 spiro atoms. The summed E-state index contributed by atoms with van der Waals surface area (Å²) in [6.07, 6.45) is 3.66. The monoisotopic (exact) mass is 425 g/mol. The number of rotatable bonds is 10. The van der Waals surface area contributed by atoms with Gasteiger partial charge in [0, 0.05) is 29.8 Å². The summed E-state index contributed by atoms with van der Waals surface area (Å²) in [7, 11) is 4.06. The van der Waals surface area contributed by atoms with E-state index in [2.05, 4.69) is 64.8 Å². The minimum absolute atomic E-state index is 0.0104. The second-order valence-electron chi connectivity index (χ2n) is 8.21. The second kappa shape index (κ2) is 10.5. The van der Waals surface area contributed by atoms with Crippen LogP contribution in [0, 0.1) is 5.92 Å². The van der Waals surface area contributed by atoms with Crippen molar-refractivity contribution in [2.24, 2.45) is 5.92 Å². The SMILES string of the molecule is CC(C)Cc1ccc(-c2cnc(CCC(=O)NCC(c3cccs3)N(C)C)o2)cc1. The van der Waals surface area contributed by atoms with Gasteiger partial charge in [0.2, 0.25) is 5.91 Å². The molecule has 0 aliphatic rings. The molecule has 1 amide bonds. The summed E-state index contributed by atoms with van der Waals surface area (Å²) in [5, 5.41) is 5.10. The molecule has 2 aromatic heterocycles. The molecule has 1 N–H and O–H groups in total. The van der Waals surface area contributed by atoms with Crippen LogP contribution in [0.3, 0.4) is 0 Å². The molecule has 0 aliphatic heterocycles. The van der Waals surface area contributed by atoms with Crippen molar-refractivity contribution in [2.45, 2.75) is 39.2 Å². The molecule has 5 nitrogen and oxygen atoms in total. The number of hydrogen-bond acceptors (Lipinski definition) is 5. The summed E-state index contributed by atoms with van der Waals surface area (Å²) in [6.45, 7) is 5.02. The molecule has 160 valence electrons. The number of aromatic nitrogens is 1. The first kappa shape index (κ1) is 22.2. The first-order chi connectivity index (χ1) is 14.4. The van der Waals surface area contributed by atoms with E-state index in [0.717, 1.165) is 17.7 Å². The maximum Gasteiger partial charge on any atom is 0.220 e. The van der Waals surface area contributed by atoms with Gasteiger partial charge in [-0.05, 0) is 43.4 Å². The molecule has 0 saturated carbocycles. The molecule has 30 heavy (non-hydrogen) atoms. The standard InChI is InChI=1S/C24H31N3O2S/c1-17(2)14-18-7-9-19(10-8-18)21-16-26-24(29-21)12-11-23(28)25-15-20(27(3)4)22-6-5-13-30-22/h5-10,13,16-17,20H,11-12,14-15H2,1-4H3,(H,25,28). The highest BCUT2D eigenvalue weighted by Crippen LogP contribution is 2.23. The molecular weight excluding hydrogens is 394 g/mol. The van der Waals surface area contributed by atoms with Crippen LogP contribution >= 0.6 is 11.3 Å². The largest absolute Gasteiger partial charge is 0.441 e. The first-order valence-corrected chi connectivity index (χ1v) is 11.3. The third kappa shape index (κ3) is 6.28. The fraction of sp³-hybridized carbons (Fsp3) is 0.417. The van der Waals surface area contributed by atoms with E-state index in [-0.39, 0.29) is 11.9 Å². The molecule has 0 bridgehead atoms. The number of likely N-dealkylation sites (N-methyl/N-ethyl adjacent to an activating group) is 1. The van der Waals surface area contributed by atoms with Crippen molar-refractivity contribution in [2.75, 3.05) is 20.6 Å². The summed E-state index contributed by atoms with van der Waals surface area (Å²) in [4.78, 5) is 20.0. The molecular formula is C24H31N3O2S. The Morgan fingerprint density at radius 1 is 1.20 bits per heavy atom. The lowest BCUT2D eigenvalue weighted by Gasteiger charge is -2.23. The Balaban J connectivity index is 1.49. The van der Waals surface area contributed by atoms with Crippen LogP contribution in [-0.4, -0.2) is 36.4 Å². The summed E-state index contributed by atoms with van der Waals surface area (Å²) in [5.41, 5.74) is 2.33. The fourth-order valence-corrected chi connectivity index (χ4v) is 4.30. The Morgan fingerprint density at radius 3 is 2.60 bits per heavy atom. The molecule has 3 rings (SSSR count). The van der Waals surface area contributed by atoms with Crippen LogP contribution in [0.4, 0.5) is 0 Å². The smallest absolute Gasteiger partial charge is 0.220 e. The van der Waals surface area contributed by atoms with Crippen LogP contribution < -0.4 is 5.32 Å². The summed E-state index contributed by atoms with van der Waals surface area (Å²) < 4.78 is 5.87. The molecule has 1 atom stereocenters. The van der Waals surface area contributed by atoms with E-state index >= 15 is 0 Å². The van der Waals surface area contributed by atoms with E-state index in [4.69, 9.17) is 4.42 Å². The molecule has 0 aliphatic carbocycles. The molecule has 2 heterocycles. The van der Waals surface area contributed by atoms with Crippen molar-refractivity contribution in [1.82, 2.24) is 15.2 Å². The van der Waals surface area contributed by atoms with E-state index in [1.807, 2.05) is 20.2 Å². The van der Waals surface area contributed by atoms with Crippen molar-refractivity contribution in [3.8, 4) is 11.3 Å². The minimum Gasteiger partial charge on any atom is -0.441 e. The van der Waals surface area contributed by atoms with Crippen LogP contribution in [-0.2, 0) is 17.6 Å². The van der Waals surface area contributed by atoms with Crippen molar-refractivity contribution in [3.63, 3.8) is 0 Å². The lowest BCUT2D eigenvalue weighted by Crippen LogP contribution is -2.34. The van der Waals surface area contributed by atoms with E-state index in [1.54, 1.807) is 17.5 Å². The third-order valence-corrected chi connectivity index (χ3v) is 5.96. The second-order valence-corrected chi connectivity index (χ2v) is 9.19. The topological polar surface area (TPSA) is 58.4 Å². The lowest BCUT2D eigenvalue weighted by atomic mass is 10.0. The normalized spacial score (nSPS) is 12.5. The molecule has 6 heteroatoms. The van der Waals surface area contributed by atoms with Gasteiger partial charge in [-0.25, -0.2) is 4.98 Å². The number of benzene rings is 1. The molecule has 0 fully saturated rings. The van der Waals surface area contributed by atoms with Gasteiger partial charge < -0.3 is 14.6 Å². The Bertz CT molecular complexity index is 914. The number of nitrogens with one attached hydrogen (secondary N) is 1. The quantitative estimate of drug-likeness (QED) is 0.499. The van der Waals surface area contributed by atoms with Gasteiger partial charge in [-0.3, -0.25) is 4.79 Å². The number of carbonyl (C=O) groups is 1. The van der Waals surface area contributed by atoms with Crippen molar-refractivity contribution >= 4 is 17.2 Å². The van der Waals surface area contributed by atoms with E-state index in [1.165, 1.54) is 10.4 Å². The van der Waals surface area contributed by atoms with E-state index in [0.29, 0.717) is 31.2 Å². The van der Waals surface area contributed by atoms with Crippen LogP contribution in [0.15, 0.2) is 52.4 Å². The highest BCUT2D eigenvalue weighted by molar-refractivity contribution is 7.10. The van der Waals surface area contributed by atoms with Gasteiger partial charge in [0.15, 0.2) is 11.7 Å². The van der Waals surface area contributed by atoms with Crippen LogP contribution in [0.2, 0.25) is 0 Å². The van der Waals surface area contributed by atoms with Gasteiger partial charge in [-0.2, -0.15) is 0 Å². The summed E-state index contributed by atoms with van der Waals surface area (Å²) in [6, 6.07) is 12.7. The molecule has 0 radical (unpaired) electrons. The fourth-order valence-electron chi connectivity index (χ4n) is 3.37. The highest BCUT2D eigenvalue weighted by Gasteiger charge is 2.16. The highest BCUT2D eigenvalue weighted by atomic mass is 32.1. The lowest BCUT2D eigenvalue weighted by molar-refractivity contribution is -0.121. The zero-order valence-corrected chi connectivity index (χ0v) is 19.0. The van der Waals surface area contributed by atoms with Gasteiger partial charge in [-0.15, -0.1) is 11.3 Å². The molecule has 1 unspecified atom stereocenters. The summed E-state index contributed by atoms with van der Waals surface area (Å²) >= 11 is 1.71. The first-order valence-electron chi connectivity index (χ1n) is 10.4. The Kier molecular flexibility index (Phi) is 7.82. The predicted molar refractivity (Wildman–Crippen MR) is 123 cm³/mol. The van der Waals surface area contributed by atoms with Crippen molar-refractivity contribution in [3.05, 3.63) is 64.3 Å². The predicted octanol–water partition coefficient (Wildman–Crippen LogP) is 4.95. The zero-order valence-electron chi connectivity index (χ0n) is 18.2. The van der Waals surface area contributed by atoms with E-state index in [9.17, 15) is 4.79 Å².